The van der Waals surface area contributed by atoms with E-state index in [9.17, 15) is 4.79 Å². The van der Waals surface area contributed by atoms with E-state index in [-0.39, 0.29) is 11.4 Å². The summed E-state index contributed by atoms with van der Waals surface area (Å²) in [5.74, 6) is 1.94. The summed E-state index contributed by atoms with van der Waals surface area (Å²) in [7, 11) is 0. The van der Waals surface area contributed by atoms with Gasteiger partial charge in [-0.25, -0.2) is 0 Å². The van der Waals surface area contributed by atoms with Crippen molar-refractivity contribution in [1.82, 2.24) is 10.2 Å². The zero-order valence-electron chi connectivity index (χ0n) is 7.55. The summed E-state index contributed by atoms with van der Waals surface area (Å²) in [5.41, 5.74) is -0.151. The molecule has 1 fully saturated rings. The lowest BCUT2D eigenvalue weighted by Crippen LogP contribution is -2.59. The number of amides is 1. The van der Waals surface area contributed by atoms with E-state index >= 15 is 0 Å². The van der Waals surface area contributed by atoms with Crippen LogP contribution < -0.4 is 5.32 Å². The van der Waals surface area contributed by atoms with Crippen molar-refractivity contribution in [3.8, 4) is 12.3 Å². The molecule has 0 aromatic rings. The van der Waals surface area contributed by atoms with Crippen molar-refractivity contribution in [3.05, 3.63) is 0 Å². The van der Waals surface area contributed by atoms with Crippen molar-refractivity contribution in [3.63, 3.8) is 0 Å². The van der Waals surface area contributed by atoms with E-state index in [1.54, 1.807) is 4.90 Å². The quantitative estimate of drug-likeness (QED) is 0.507. The van der Waals surface area contributed by atoms with Gasteiger partial charge in [-0.3, -0.25) is 4.79 Å². The molecular formula is C9H14N2O. The average Bonchev–Trinajstić information content (AvgIpc) is 2.02. The molecule has 1 heterocycles. The second kappa shape index (κ2) is 3.16. The maximum atomic E-state index is 11.2. The van der Waals surface area contributed by atoms with Gasteiger partial charge in [0.1, 0.15) is 0 Å². The van der Waals surface area contributed by atoms with Gasteiger partial charge in [-0.1, -0.05) is 0 Å². The van der Waals surface area contributed by atoms with Gasteiger partial charge in [0.2, 0.25) is 0 Å². The van der Waals surface area contributed by atoms with Crippen LogP contribution in [0.5, 0.6) is 0 Å². The summed E-state index contributed by atoms with van der Waals surface area (Å²) in [4.78, 5) is 13.0. The molecule has 66 valence electrons. The molecule has 3 heteroatoms. The fraction of sp³-hybridized carbons (Fsp3) is 0.667. The first-order valence-electron chi connectivity index (χ1n) is 4.07. The first kappa shape index (κ1) is 9.08. The second-order valence-corrected chi connectivity index (χ2v) is 3.59. The van der Waals surface area contributed by atoms with E-state index in [1.165, 1.54) is 0 Å². The van der Waals surface area contributed by atoms with E-state index in [0.717, 1.165) is 13.1 Å². The zero-order chi connectivity index (χ0) is 9.19. The van der Waals surface area contributed by atoms with Crippen LogP contribution in [0.3, 0.4) is 0 Å². The Kier molecular flexibility index (Phi) is 2.39. The van der Waals surface area contributed by atoms with E-state index in [1.807, 2.05) is 13.8 Å². The molecule has 0 spiro atoms. The smallest absolute Gasteiger partial charge is 0.298 e. The van der Waals surface area contributed by atoms with Gasteiger partial charge in [-0.05, 0) is 19.8 Å². The summed E-state index contributed by atoms with van der Waals surface area (Å²) in [6, 6.07) is 0. The van der Waals surface area contributed by atoms with E-state index in [0.29, 0.717) is 6.54 Å². The standard InChI is InChI=1S/C9H14N2O/c1-4-8(12)11-6-5-10-7-9(11,2)3/h1,10H,5-7H2,2-3H3. The lowest BCUT2D eigenvalue weighted by molar-refractivity contribution is -0.131. The third kappa shape index (κ3) is 1.59. The van der Waals surface area contributed by atoms with Crippen LogP contribution in [-0.4, -0.2) is 36.0 Å². The van der Waals surface area contributed by atoms with Crippen LogP contribution in [0.2, 0.25) is 0 Å². The zero-order valence-corrected chi connectivity index (χ0v) is 7.55. The Morgan fingerprint density at radius 1 is 1.67 bits per heavy atom. The van der Waals surface area contributed by atoms with Gasteiger partial charge < -0.3 is 10.2 Å². The Labute approximate surface area is 73.1 Å². The number of terminal acetylenes is 1. The number of carbonyl (C=O) groups excluding carboxylic acids is 1. The molecule has 1 aliphatic heterocycles. The highest BCUT2D eigenvalue weighted by molar-refractivity contribution is 5.93. The third-order valence-electron chi connectivity index (χ3n) is 2.17. The molecule has 0 aromatic heterocycles. The highest BCUT2D eigenvalue weighted by Crippen LogP contribution is 2.15. The normalized spacial score (nSPS) is 21.6. The molecule has 0 saturated carbocycles. The van der Waals surface area contributed by atoms with Gasteiger partial charge in [-0.15, -0.1) is 6.42 Å². The van der Waals surface area contributed by atoms with Gasteiger partial charge in [0.05, 0.1) is 5.54 Å². The first-order valence-corrected chi connectivity index (χ1v) is 4.07. The van der Waals surface area contributed by atoms with Crippen molar-refractivity contribution in [1.29, 1.82) is 0 Å². The SMILES string of the molecule is C#CC(=O)N1CCNCC1(C)C. The Morgan fingerprint density at radius 3 is 2.83 bits per heavy atom. The van der Waals surface area contributed by atoms with Gasteiger partial charge in [0, 0.05) is 19.6 Å². The number of hydrogen-bond acceptors (Lipinski definition) is 2. The molecule has 1 saturated heterocycles. The van der Waals surface area contributed by atoms with Crippen molar-refractivity contribution in [2.75, 3.05) is 19.6 Å². The van der Waals surface area contributed by atoms with Crippen molar-refractivity contribution >= 4 is 5.91 Å². The summed E-state index contributed by atoms with van der Waals surface area (Å²) in [6.45, 7) is 6.36. The maximum absolute atomic E-state index is 11.2. The van der Waals surface area contributed by atoms with Crippen LogP contribution in [0.25, 0.3) is 0 Å². The van der Waals surface area contributed by atoms with E-state index in [4.69, 9.17) is 6.42 Å². The van der Waals surface area contributed by atoms with Crippen molar-refractivity contribution < 1.29 is 4.79 Å². The molecule has 0 aromatic carbocycles. The van der Waals surface area contributed by atoms with Gasteiger partial charge in [0.15, 0.2) is 0 Å². The topological polar surface area (TPSA) is 32.3 Å². The molecular weight excluding hydrogens is 152 g/mol. The Balaban J connectivity index is 2.74. The van der Waals surface area contributed by atoms with Crippen LogP contribution in [0.1, 0.15) is 13.8 Å². The third-order valence-corrected chi connectivity index (χ3v) is 2.17. The summed E-state index contributed by atoms with van der Waals surface area (Å²) < 4.78 is 0. The van der Waals surface area contributed by atoms with Crippen LogP contribution in [-0.2, 0) is 4.79 Å². The minimum Gasteiger partial charge on any atom is -0.324 e. The van der Waals surface area contributed by atoms with Gasteiger partial charge in [0.25, 0.3) is 5.91 Å². The van der Waals surface area contributed by atoms with Gasteiger partial charge >= 0.3 is 0 Å². The van der Waals surface area contributed by atoms with Crippen LogP contribution in [0.15, 0.2) is 0 Å². The van der Waals surface area contributed by atoms with Crippen molar-refractivity contribution in [2.45, 2.75) is 19.4 Å². The number of hydrogen-bond donors (Lipinski definition) is 1. The molecule has 0 radical (unpaired) electrons. The second-order valence-electron chi connectivity index (χ2n) is 3.59. The number of carbonyl (C=O) groups is 1. The largest absolute Gasteiger partial charge is 0.324 e. The molecule has 0 atom stereocenters. The first-order chi connectivity index (χ1) is 5.58. The molecule has 0 bridgehead atoms. The van der Waals surface area contributed by atoms with Crippen LogP contribution in [0, 0.1) is 12.3 Å². The predicted octanol–water partition coefficient (Wildman–Crippen LogP) is -0.170. The maximum Gasteiger partial charge on any atom is 0.298 e. The fourth-order valence-corrected chi connectivity index (χ4v) is 1.44. The Hall–Kier alpha value is -1.01. The summed E-state index contributed by atoms with van der Waals surface area (Å²) in [5, 5.41) is 3.22. The summed E-state index contributed by atoms with van der Waals surface area (Å²) in [6.07, 6.45) is 5.06. The molecule has 0 unspecified atom stereocenters. The van der Waals surface area contributed by atoms with Crippen molar-refractivity contribution in [2.24, 2.45) is 0 Å². The molecule has 1 N–H and O–H groups in total. The van der Waals surface area contributed by atoms with Crippen LogP contribution >= 0.6 is 0 Å². The average molecular weight is 166 g/mol. The molecule has 12 heavy (non-hydrogen) atoms. The lowest BCUT2D eigenvalue weighted by atomic mass is 10.0. The predicted molar refractivity (Wildman–Crippen MR) is 47.5 cm³/mol. The Bertz CT molecular complexity index is 227. The lowest BCUT2D eigenvalue weighted by Gasteiger charge is -2.41. The molecule has 1 aliphatic rings. The number of rotatable bonds is 0. The fourth-order valence-electron chi connectivity index (χ4n) is 1.44. The van der Waals surface area contributed by atoms with Gasteiger partial charge in [-0.2, -0.15) is 0 Å². The minimum absolute atomic E-state index is 0.151. The molecule has 1 amide bonds. The minimum atomic E-state index is -0.207. The molecule has 0 aliphatic carbocycles. The molecule has 3 nitrogen and oxygen atoms in total. The Morgan fingerprint density at radius 2 is 2.33 bits per heavy atom. The number of piperazine rings is 1. The summed E-state index contributed by atoms with van der Waals surface area (Å²) >= 11 is 0. The highest BCUT2D eigenvalue weighted by atomic mass is 16.2. The number of nitrogens with zero attached hydrogens (tertiary/aromatic N) is 1. The number of nitrogens with one attached hydrogen (secondary N) is 1. The highest BCUT2D eigenvalue weighted by Gasteiger charge is 2.32. The van der Waals surface area contributed by atoms with Crippen LogP contribution in [0.4, 0.5) is 0 Å². The van der Waals surface area contributed by atoms with E-state index < -0.39 is 0 Å². The molecule has 1 rings (SSSR count). The monoisotopic (exact) mass is 166 g/mol. The van der Waals surface area contributed by atoms with E-state index in [2.05, 4.69) is 11.2 Å².